The molecule has 2 N–H and O–H groups in total. The molecule has 0 saturated carbocycles. The highest BCUT2D eigenvalue weighted by Gasteiger charge is 2.47. The summed E-state index contributed by atoms with van der Waals surface area (Å²) in [6.07, 6.45) is -3.47. The molecule has 1 aromatic carbocycles. The molecular weight excluding hydrogens is 609 g/mol. The van der Waals surface area contributed by atoms with Crippen LogP contribution in [0.2, 0.25) is 0 Å². The maximum Gasteiger partial charge on any atom is 0.408 e. The van der Waals surface area contributed by atoms with Crippen LogP contribution in [0.15, 0.2) is 35.2 Å². The maximum atomic E-state index is 13.6. The van der Waals surface area contributed by atoms with Crippen molar-refractivity contribution in [3.8, 4) is 10.4 Å². The number of fused-ring (bicyclic) bond motifs is 1. The second-order valence-corrected chi connectivity index (χ2v) is 13.3. The number of alkyl halides is 3. The molecule has 0 bridgehead atoms. The van der Waals surface area contributed by atoms with Gasteiger partial charge in [-0.25, -0.2) is 23.1 Å². The van der Waals surface area contributed by atoms with Crippen molar-refractivity contribution in [1.29, 1.82) is 0 Å². The van der Waals surface area contributed by atoms with Gasteiger partial charge >= 0.3 is 6.18 Å². The Hall–Kier alpha value is -3.60. The minimum absolute atomic E-state index is 0.000365. The first-order chi connectivity index (χ1) is 20.3. The summed E-state index contributed by atoms with van der Waals surface area (Å²) in [6.45, 7) is 3.08. The number of benzene rings is 1. The van der Waals surface area contributed by atoms with Gasteiger partial charge in [-0.05, 0) is 55.7 Å². The second kappa shape index (κ2) is 10.8. The Kier molecular flexibility index (Phi) is 7.43. The van der Waals surface area contributed by atoms with E-state index in [9.17, 15) is 31.2 Å². The first kappa shape index (κ1) is 29.5. The summed E-state index contributed by atoms with van der Waals surface area (Å²) < 4.78 is 75.3. The molecule has 0 radical (unpaired) electrons. The van der Waals surface area contributed by atoms with Crippen LogP contribution in [0, 0.1) is 6.92 Å². The van der Waals surface area contributed by atoms with Crippen LogP contribution < -0.4 is 14.9 Å². The number of anilines is 3. The Morgan fingerprint density at radius 1 is 1.16 bits per heavy atom. The molecule has 2 amide bonds. The van der Waals surface area contributed by atoms with Gasteiger partial charge in [0, 0.05) is 19.5 Å². The SMILES string of the molecule is Cc1nc(Nc2cccc(N3CCCC3=O)n2)sc1-c1cc2c(c(S(=O)(=O)NC3COC3)c1)C(=O)N([C@@H](C)C(F)(F)F)C2. The average Bonchev–Trinajstić information content (AvgIpc) is 3.61. The molecule has 2 fully saturated rings. The highest BCUT2D eigenvalue weighted by Crippen LogP contribution is 2.41. The van der Waals surface area contributed by atoms with Crippen LogP contribution in [0.3, 0.4) is 0 Å². The van der Waals surface area contributed by atoms with Crippen molar-refractivity contribution in [2.45, 2.75) is 56.4 Å². The Labute approximate surface area is 249 Å². The average molecular weight is 637 g/mol. The lowest BCUT2D eigenvalue weighted by Gasteiger charge is -2.27. The van der Waals surface area contributed by atoms with Gasteiger partial charge in [0.25, 0.3) is 5.91 Å². The molecule has 0 aliphatic carbocycles. The fourth-order valence-corrected chi connectivity index (χ4v) is 7.65. The standard InChI is InChI=1S/C27H27F3N6O5S2/c1-14-24(42-26(31-14)33-20-5-3-6-21(32-20)35-8-4-7-22(35)37)16-9-17-11-36(15(2)27(28,29)30)25(38)23(17)19(10-16)43(39,40)34-18-12-41-13-18/h3,5-6,9-10,15,18,34H,4,7-8,11-13H2,1-2H3,(H,31,32,33)/t15-/m0/s1. The number of aryl methyl sites for hydroxylation is 1. The summed E-state index contributed by atoms with van der Waals surface area (Å²) in [5.74, 6) is -0.0343. The van der Waals surface area contributed by atoms with Gasteiger partial charge in [0.2, 0.25) is 15.9 Å². The van der Waals surface area contributed by atoms with Crippen molar-refractivity contribution >= 4 is 49.9 Å². The lowest BCUT2D eigenvalue weighted by molar-refractivity contribution is -0.172. The molecule has 1 atom stereocenters. The van der Waals surface area contributed by atoms with Crippen molar-refractivity contribution < 1.29 is 35.9 Å². The van der Waals surface area contributed by atoms with E-state index in [1.54, 1.807) is 36.1 Å². The quantitative estimate of drug-likeness (QED) is 0.380. The molecule has 3 aliphatic heterocycles. The smallest absolute Gasteiger partial charge is 0.378 e. The third-order valence-corrected chi connectivity index (χ3v) is 10.2. The normalized spacial score (nSPS) is 18.3. The minimum Gasteiger partial charge on any atom is -0.378 e. The summed E-state index contributed by atoms with van der Waals surface area (Å²) >= 11 is 1.20. The molecule has 228 valence electrons. The van der Waals surface area contributed by atoms with Crippen LogP contribution in [0.25, 0.3) is 10.4 Å². The van der Waals surface area contributed by atoms with Crippen molar-refractivity contribution in [3.05, 3.63) is 47.2 Å². The van der Waals surface area contributed by atoms with Crippen LogP contribution in [0.1, 0.15) is 41.4 Å². The predicted octanol–water partition coefficient (Wildman–Crippen LogP) is 3.97. The summed E-state index contributed by atoms with van der Waals surface area (Å²) in [6, 6.07) is 5.46. The van der Waals surface area contributed by atoms with E-state index in [4.69, 9.17) is 4.74 Å². The van der Waals surface area contributed by atoms with Crippen molar-refractivity contribution in [3.63, 3.8) is 0 Å². The Morgan fingerprint density at radius 2 is 1.93 bits per heavy atom. The highest BCUT2D eigenvalue weighted by molar-refractivity contribution is 7.89. The van der Waals surface area contributed by atoms with E-state index in [0.29, 0.717) is 50.8 Å². The number of nitrogens with zero attached hydrogens (tertiary/aromatic N) is 4. The molecule has 2 saturated heterocycles. The molecule has 2 aromatic heterocycles. The van der Waals surface area contributed by atoms with Crippen LogP contribution >= 0.6 is 11.3 Å². The van der Waals surface area contributed by atoms with Crippen molar-refractivity contribution in [2.24, 2.45) is 0 Å². The number of aromatic nitrogens is 2. The van der Waals surface area contributed by atoms with Crippen LogP contribution in [-0.2, 0) is 26.1 Å². The first-order valence-corrected chi connectivity index (χ1v) is 15.8. The van der Waals surface area contributed by atoms with Gasteiger partial charge < -0.3 is 15.0 Å². The first-order valence-electron chi connectivity index (χ1n) is 13.5. The van der Waals surface area contributed by atoms with Crippen LogP contribution in [0.4, 0.5) is 29.9 Å². The third kappa shape index (κ3) is 5.59. The number of amides is 2. The molecule has 0 unspecified atom stereocenters. The molecule has 0 spiro atoms. The summed E-state index contributed by atoms with van der Waals surface area (Å²) in [5.41, 5.74) is 0.832. The van der Waals surface area contributed by atoms with E-state index in [0.717, 1.165) is 13.3 Å². The summed E-state index contributed by atoms with van der Waals surface area (Å²) in [7, 11) is -4.30. The third-order valence-electron chi connectivity index (χ3n) is 7.57. The Balaban J connectivity index is 1.36. The van der Waals surface area contributed by atoms with E-state index in [1.807, 2.05) is 0 Å². The number of sulfonamides is 1. The molecule has 5 heterocycles. The van der Waals surface area contributed by atoms with Gasteiger partial charge in [-0.2, -0.15) is 13.2 Å². The zero-order valence-corrected chi connectivity index (χ0v) is 24.7. The van der Waals surface area contributed by atoms with Gasteiger partial charge in [0.1, 0.15) is 17.7 Å². The monoisotopic (exact) mass is 636 g/mol. The van der Waals surface area contributed by atoms with E-state index in [-0.39, 0.29) is 35.1 Å². The topological polar surface area (TPSA) is 134 Å². The summed E-state index contributed by atoms with van der Waals surface area (Å²) in [4.78, 5) is 36.9. The number of ether oxygens (including phenoxy) is 1. The molecular formula is C27H27F3N6O5S2. The molecule has 43 heavy (non-hydrogen) atoms. The second-order valence-electron chi connectivity index (χ2n) is 10.6. The number of pyridine rings is 1. The fourth-order valence-electron chi connectivity index (χ4n) is 5.22. The van der Waals surface area contributed by atoms with Crippen LogP contribution in [-0.4, -0.2) is 73.1 Å². The Morgan fingerprint density at radius 3 is 2.58 bits per heavy atom. The van der Waals surface area contributed by atoms with Gasteiger partial charge in [-0.3, -0.25) is 14.5 Å². The number of halogens is 3. The van der Waals surface area contributed by atoms with Crippen LogP contribution in [0.5, 0.6) is 0 Å². The maximum absolute atomic E-state index is 13.6. The highest BCUT2D eigenvalue weighted by atomic mass is 32.2. The molecule has 16 heteroatoms. The molecule has 3 aromatic rings. The number of carbonyl (C=O) groups excluding carboxylic acids is 2. The zero-order chi connectivity index (χ0) is 30.7. The molecule has 6 rings (SSSR count). The fraction of sp³-hybridized carbons (Fsp3) is 0.407. The zero-order valence-electron chi connectivity index (χ0n) is 23.1. The van der Waals surface area contributed by atoms with Crippen molar-refractivity contribution in [1.82, 2.24) is 19.6 Å². The lowest BCUT2D eigenvalue weighted by Crippen LogP contribution is -2.48. The molecule has 11 nitrogen and oxygen atoms in total. The number of rotatable bonds is 8. The summed E-state index contributed by atoms with van der Waals surface area (Å²) in [5, 5.41) is 3.56. The van der Waals surface area contributed by atoms with Gasteiger partial charge in [-0.1, -0.05) is 17.4 Å². The minimum atomic E-state index is -4.69. The van der Waals surface area contributed by atoms with Crippen molar-refractivity contribution in [2.75, 3.05) is 30.0 Å². The van der Waals surface area contributed by atoms with Gasteiger partial charge in [0.05, 0.1) is 40.3 Å². The lowest BCUT2D eigenvalue weighted by atomic mass is 10.0. The Bertz CT molecular complexity index is 1720. The van der Waals surface area contributed by atoms with E-state index >= 15 is 0 Å². The number of thiazole rings is 1. The van der Waals surface area contributed by atoms with E-state index in [1.165, 1.54) is 17.4 Å². The predicted molar refractivity (Wildman–Crippen MR) is 152 cm³/mol. The molecule has 3 aliphatic rings. The van der Waals surface area contributed by atoms with E-state index in [2.05, 4.69) is 20.0 Å². The van der Waals surface area contributed by atoms with Gasteiger partial charge in [0.15, 0.2) is 5.13 Å². The number of hydrogen-bond acceptors (Lipinski definition) is 9. The van der Waals surface area contributed by atoms with Gasteiger partial charge in [-0.15, -0.1) is 0 Å². The van der Waals surface area contributed by atoms with E-state index < -0.39 is 40.7 Å². The number of hydrogen-bond donors (Lipinski definition) is 2. The number of carbonyl (C=O) groups is 2. The number of nitrogens with one attached hydrogen (secondary N) is 2. The largest absolute Gasteiger partial charge is 0.408 e.